The van der Waals surface area contributed by atoms with Gasteiger partial charge in [0.1, 0.15) is 17.8 Å². The number of ether oxygens (including phenoxy) is 2. The van der Waals surface area contributed by atoms with Crippen LogP contribution in [0, 0.1) is 34.5 Å². The summed E-state index contributed by atoms with van der Waals surface area (Å²) in [6, 6.07) is 36.8. The second kappa shape index (κ2) is 29.2. The van der Waals surface area contributed by atoms with E-state index in [0.29, 0.717) is 34.9 Å². The third-order valence-corrected chi connectivity index (χ3v) is 9.98. The van der Waals surface area contributed by atoms with Crippen LogP contribution in [0.4, 0.5) is 22.7 Å². The monoisotopic (exact) mass is 922 g/mol. The number of carbonyl (C=O) groups excluding carboxylic acids is 2. The molecule has 6 rings (SSSR count). The number of rotatable bonds is 12. The Labute approximate surface area is 416 Å². The molecule has 4 aromatic carbocycles. The van der Waals surface area contributed by atoms with Crippen molar-refractivity contribution in [3.8, 4) is 12.1 Å². The minimum atomic E-state index is -1.34. The van der Waals surface area contributed by atoms with Crippen molar-refractivity contribution in [2.24, 2.45) is 21.8 Å². The smallest absolute Gasteiger partial charge is 0.850 e. The molecule has 340 valence electrons. The number of halogens is 1. The van der Waals surface area contributed by atoms with Crippen LogP contribution in [0.3, 0.4) is 0 Å². The Kier molecular flexibility index (Phi) is 25.0. The van der Waals surface area contributed by atoms with Gasteiger partial charge >= 0.3 is 48.6 Å². The number of anilines is 2. The molecule has 0 aromatic heterocycles. The van der Waals surface area contributed by atoms with Gasteiger partial charge in [0.25, 0.3) is 0 Å². The number of benzene rings is 4. The first-order chi connectivity index (χ1) is 31.1. The number of para-hydroxylation sites is 4. The predicted octanol–water partition coefficient (Wildman–Crippen LogP) is 5.64. The number of nitrogens with zero attached hydrogens (tertiary/aromatic N) is 4. The van der Waals surface area contributed by atoms with Gasteiger partial charge in [0.15, 0.2) is 16.3 Å². The van der Waals surface area contributed by atoms with Crippen molar-refractivity contribution in [3.05, 3.63) is 137 Å². The van der Waals surface area contributed by atoms with Gasteiger partial charge in [-0.25, -0.2) is 19.6 Å². The molecule has 13 nitrogen and oxygen atoms in total. The molecule has 16 heteroatoms. The molecule has 0 aliphatic carbocycles. The summed E-state index contributed by atoms with van der Waals surface area (Å²) in [4.78, 5) is 33.8. The molecule has 0 radical (unpaired) electrons. The van der Waals surface area contributed by atoms with Gasteiger partial charge in [0.2, 0.25) is 0 Å². The van der Waals surface area contributed by atoms with E-state index in [1.807, 2.05) is 98.8 Å². The molecule has 0 spiro atoms. The zero-order valence-corrected chi connectivity index (χ0v) is 41.7. The quantitative estimate of drug-likeness (QED) is 0.0591. The minimum absolute atomic E-state index is 0. The molecular weight excluding hydrogens is 866 g/mol. The van der Waals surface area contributed by atoms with E-state index >= 15 is 0 Å². The zero-order chi connectivity index (χ0) is 47.9. The number of nitrogens with one attached hydrogen (secondary N) is 2. The fourth-order valence-corrected chi connectivity index (χ4v) is 6.07. The summed E-state index contributed by atoms with van der Waals surface area (Å²) in [6.07, 6.45) is 3.67. The molecule has 4 aromatic rings. The maximum Gasteiger partial charge on any atom is 1.00 e. The SMILES string of the molecule is CC(C)(C)[O-].CCC(CC)COC(=O)/C(C#N)=C1\Nc2ccccc2N=C1Cl.CCC(CC)COC(=O)/C(C#N)=C1\Nc2ccccc2N=C1c1ccccc1.OB(O)c1ccccc1.[Na+]. The van der Waals surface area contributed by atoms with Crippen LogP contribution in [-0.4, -0.2) is 58.8 Å². The topological polar surface area (TPSA) is 212 Å². The van der Waals surface area contributed by atoms with Crippen LogP contribution in [0.5, 0.6) is 0 Å². The van der Waals surface area contributed by atoms with Crippen molar-refractivity contribution < 1.29 is 63.8 Å². The maximum absolute atomic E-state index is 12.7. The van der Waals surface area contributed by atoms with Crippen LogP contribution >= 0.6 is 11.6 Å². The van der Waals surface area contributed by atoms with E-state index in [1.54, 1.807) is 57.2 Å². The summed E-state index contributed by atoms with van der Waals surface area (Å²) in [6.45, 7) is 13.7. The average molecular weight is 923 g/mol. The van der Waals surface area contributed by atoms with Crippen molar-refractivity contribution in [3.63, 3.8) is 0 Å². The van der Waals surface area contributed by atoms with Crippen molar-refractivity contribution in [2.75, 3.05) is 23.8 Å². The number of hydrogen-bond donors (Lipinski definition) is 4. The van der Waals surface area contributed by atoms with Gasteiger partial charge in [-0.05, 0) is 41.6 Å². The Balaban J connectivity index is 0.000000351. The molecular formula is C50H57BClN6NaO7. The van der Waals surface area contributed by atoms with E-state index in [0.717, 1.165) is 42.6 Å². The maximum atomic E-state index is 12.7. The molecule has 0 amide bonds. The van der Waals surface area contributed by atoms with E-state index in [-0.39, 0.29) is 70.0 Å². The Morgan fingerprint density at radius 1 is 0.682 bits per heavy atom. The molecule has 2 heterocycles. The van der Waals surface area contributed by atoms with E-state index in [2.05, 4.69) is 29.5 Å². The van der Waals surface area contributed by atoms with Crippen LogP contribution in [-0.2, 0) is 19.1 Å². The van der Waals surface area contributed by atoms with Crippen molar-refractivity contribution in [2.45, 2.75) is 79.8 Å². The zero-order valence-electron chi connectivity index (χ0n) is 39.0. The molecule has 2 aliphatic heterocycles. The van der Waals surface area contributed by atoms with E-state index in [9.17, 15) is 25.2 Å². The normalized spacial score (nSPS) is 13.6. The Morgan fingerprint density at radius 2 is 1.06 bits per heavy atom. The molecule has 66 heavy (non-hydrogen) atoms. The first-order valence-corrected chi connectivity index (χ1v) is 21.8. The summed E-state index contributed by atoms with van der Waals surface area (Å²) in [5.74, 6) is -0.737. The third kappa shape index (κ3) is 18.4. The second-order valence-electron chi connectivity index (χ2n) is 15.7. The first kappa shape index (κ1) is 56.6. The Morgan fingerprint density at radius 3 is 1.47 bits per heavy atom. The molecule has 0 atom stereocenters. The minimum Gasteiger partial charge on any atom is -0.850 e. The van der Waals surface area contributed by atoms with E-state index < -0.39 is 24.7 Å². The fourth-order valence-electron chi connectivity index (χ4n) is 5.84. The van der Waals surface area contributed by atoms with Gasteiger partial charge in [-0.3, -0.25) is 0 Å². The molecule has 0 saturated carbocycles. The van der Waals surface area contributed by atoms with Crippen molar-refractivity contribution >= 4 is 69.8 Å². The van der Waals surface area contributed by atoms with Gasteiger partial charge in [-0.2, -0.15) is 10.5 Å². The summed E-state index contributed by atoms with van der Waals surface area (Å²) >= 11 is 6.12. The summed E-state index contributed by atoms with van der Waals surface area (Å²) in [5.41, 5.74) is 4.32. The largest absolute Gasteiger partial charge is 1.00 e. The van der Waals surface area contributed by atoms with Crippen molar-refractivity contribution in [1.29, 1.82) is 10.5 Å². The fraction of sp³-hybridized carbons (Fsp3) is 0.320. The average Bonchev–Trinajstić information content (AvgIpc) is 3.30. The number of aliphatic imine (C=N–C) groups is 2. The van der Waals surface area contributed by atoms with Gasteiger partial charge < -0.3 is 35.3 Å². The summed E-state index contributed by atoms with van der Waals surface area (Å²) in [7, 11) is -1.34. The van der Waals surface area contributed by atoms with E-state index in [4.69, 9.17) is 36.1 Å². The van der Waals surface area contributed by atoms with Crippen LogP contribution < -0.4 is 50.8 Å². The number of fused-ring (bicyclic) bond motifs is 2. The molecule has 0 bridgehead atoms. The number of nitriles is 2. The predicted molar refractivity (Wildman–Crippen MR) is 257 cm³/mol. The van der Waals surface area contributed by atoms with Gasteiger partial charge in [-0.1, -0.05) is 171 Å². The van der Waals surface area contributed by atoms with Crippen LogP contribution in [0.1, 0.15) is 79.7 Å². The van der Waals surface area contributed by atoms with Crippen molar-refractivity contribution in [1.82, 2.24) is 0 Å². The Bertz CT molecular complexity index is 2400. The Hall–Kier alpha value is -5.55. The number of hydrogen-bond acceptors (Lipinski definition) is 13. The van der Waals surface area contributed by atoms with Crippen LogP contribution in [0.25, 0.3) is 0 Å². The van der Waals surface area contributed by atoms with Gasteiger partial charge in [0, 0.05) is 5.56 Å². The second-order valence-corrected chi connectivity index (χ2v) is 16.1. The van der Waals surface area contributed by atoms with E-state index in [1.165, 1.54) is 0 Å². The first-order valence-electron chi connectivity index (χ1n) is 21.4. The molecule has 0 saturated heterocycles. The molecule has 0 unspecified atom stereocenters. The third-order valence-electron chi connectivity index (χ3n) is 9.71. The molecule has 4 N–H and O–H groups in total. The number of allylic oxidation sites excluding steroid dienone is 2. The van der Waals surface area contributed by atoms with Crippen LogP contribution in [0.15, 0.2) is 142 Å². The standard InChI is InChI=1S/C23H23N3O2.C17H18ClN3O2.C6H7BO2.C4H9O.Na/c1-3-16(4-2)15-28-23(27)18(14-24)22-21(17-10-6-5-7-11-17)25-19-12-8-9-13-20(19)26-22;1-3-11(4-2)10-23-17(22)12(9-19)15-16(18)21-14-8-6-5-7-13(14)20-15;8-7(9)6-4-2-1-3-5-6;1-4(2,3)5;/h5-13,16,26H,3-4,15H2,1-2H3;5-8,11,20H,3-4,10H2,1-2H3;1-5,8-9H;1-3H3;/q;;;-1;+1/b22-18-;15-12-;;;. The summed E-state index contributed by atoms with van der Waals surface area (Å²) < 4.78 is 10.7. The number of carbonyl (C=O) groups is 2. The molecule has 2 aliphatic rings. The molecule has 0 fully saturated rings. The number of esters is 2. The van der Waals surface area contributed by atoms with Gasteiger partial charge in [0.05, 0.1) is 47.4 Å². The van der Waals surface area contributed by atoms with Crippen LogP contribution in [0.2, 0.25) is 0 Å². The summed E-state index contributed by atoms with van der Waals surface area (Å²) in [5, 5.41) is 52.6. The van der Waals surface area contributed by atoms with Gasteiger partial charge in [-0.15, -0.1) is 5.60 Å².